The number of morpholine rings is 1. The van der Waals surface area contributed by atoms with Crippen molar-refractivity contribution in [3.8, 4) is 0 Å². The Morgan fingerprint density at radius 3 is 2.72 bits per heavy atom. The number of halogens is 1. The van der Waals surface area contributed by atoms with Crippen molar-refractivity contribution >= 4 is 45.5 Å². The third-order valence-electron chi connectivity index (χ3n) is 5.18. The second-order valence-electron chi connectivity index (χ2n) is 6.97. The van der Waals surface area contributed by atoms with Crippen molar-refractivity contribution in [2.45, 2.75) is 13.3 Å². The van der Waals surface area contributed by atoms with E-state index in [-0.39, 0.29) is 0 Å². The number of fused-ring (bicyclic) bond motifs is 3. The zero-order valence-electron chi connectivity index (χ0n) is 16.1. The Bertz CT molecular complexity index is 1180. The zero-order valence-corrected chi connectivity index (χ0v) is 16.9. The molecule has 0 bridgehead atoms. The molecule has 0 unspecified atom stereocenters. The molecule has 1 saturated heterocycles. The highest BCUT2D eigenvalue weighted by Gasteiger charge is 2.17. The van der Waals surface area contributed by atoms with Gasteiger partial charge in [0.25, 0.3) is 0 Å². The number of aryl methyl sites for hydroxylation is 1. The minimum atomic E-state index is 0.658. The van der Waals surface area contributed by atoms with Gasteiger partial charge in [-0.25, -0.2) is 4.98 Å². The van der Waals surface area contributed by atoms with E-state index in [0.29, 0.717) is 16.5 Å². The lowest BCUT2D eigenvalue weighted by atomic mass is 10.2. The Hall–Kier alpha value is -2.90. The molecule has 1 aliphatic heterocycles. The van der Waals surface area contributed by atoms with Gasteiger partial charge in [-0.1, -0.05) is 30.7 Å². The normalized spacial score (nSPS) is 14.6. The first kappa shape index (κ1) is 18.1. The minimum Gasteiger partial charge on any atom is -0.378 e. The number of benzene rings is 2. The summed E-state index contributed by atoms with van der Waals surface area (Å²) < 4.78 is 7.49. The number of hydrogen-bond acceptors (Lipinski definition) is 6. The number of nitrogens with one attached hydrogen (secondary N) is 1. The molecule has 1 aliphatic rings. The molecule has 0 aliphatic carbocycles. The summed E-state index contributed by atoms with van der Waals surface area (Å²) >= 11 is 6.59. The smallest absolute Gasteiger partial charge is 0.204 e. The molecule has 2 aromatic carbocycles. The predicted molar refractivity (Wildman–Crippen MR) is 115 cm³/mol. The lowest BCUT2D eigenvalue weighted by Gasteiger charge is -2.29. The Morgan fingerprint density at radius 2 is 1.93 bits per heavy atom. The third kappa shape index (κ3) is 3.26. The molecule has 0 spiro atoms. The van der Waals surface area contributed by atoms with Crippen molar-refractivity contribution in [3.63, 3.8) is 0 Å². The number of nitrogens with zero attached hydrogens (tertiary/aromatic N) is 5. The highest BCUT2D eigenvalue weighted by Crippen LogP contribution is 2.31. The van der Waals surface area contributed by atoms with Crippen molar-refractivity contribution in [3.05, 3.63) is 53.3 Å². The van der Waals surface area contributed by atoms with Gasteiger partial charge in [0.15, 0.2) is 5.82 Å². The lowest BCUT2D eigenvalue weighted by Crippen LogP contribution is -2.36. The first-order chi connectivity index (χ1) is 14.2. The summed E-state index contributed by atoms with van der Waals surface area (Å²) in [5, 5.41) is 12.8. The number of para-hydroxylation sites is 2. The van der Waals surface area contributed by atoms with Crippen molar-refractivity contribution in [2.75, 3.05) is 36.5 Å². The molecule has 4 aromatic rings. The van der Waals surface area contributed by atoms with E-state index in [4.69, 9.17) is 21.3 Å². The highest BCUT2D eigenvalue weighted by molar-refractivity contribution is 6.33. The number of anilines is 3. The maximum absolute atomic E-state index is 6.59. The molecule has 1 N–H and O–H groups in total. The van der Waals surface area contributed by atoms with Crippen molar-refractivity contribution in [1.82, 2.24) is 19.6 Å². The van der Waals surface area contributed by atoms with Crippen LogP contribution in [0.15, 0.2) is 42.5 Å². The minimum absolute atomic E-state index is 0.658. The van der Waals surface area contributed by atoms with Crippen LogP contribution in [0.1, 0.15) is 12.7 Å². The fourth-order valence-electron chi connectivity index (χ4n) is 3.74. The summed E-state index contributed by atoms with van der Waals surface area (Å²) in [5.74, 6) is 1.56. The van der Waals surface area contributed by atoms with Crippen LogP contribution in [0, 0.1) is 0 Å². The zero-order chi connectivity index (χ0) is 19.8. The molecule has 148 valence electrons. The molecule has 0 amide bonds. The Labute approximate surface area is 173 Å². The Balaban J connectivity index is 1.54. The van der Waals surface area contributed by atoms with Crippen LogP contribution >= 0.6 is 11.6 Å². The maximum atomic E-state index is 6.59. The molecule has 1 fully saturated rings. The van der Waals surface area contributed by atoms with E-state index in [1.165, 1.54) is 0 Å². The van der Waals surface area contributed by atoms with Crippen LogP contribution in [0.25, 0.3) is 16.7 Å². The van der Waals surface area contributed by atoms with E-state index >= 15 is 0 Å². The SMILES string of the molecule is CCc1nnc2c(Nc3ccc(N4CCOCC4)c(Cl)c3)nc3ccccc3n12. The second-order valence-corrected chi connectivity index (χ2v) is 7.38. The molecule has 0 saturated carbocycles. The number of aromatic nitrogens is 4. The molecule has 8 heteroatoms. The topological polar surface area (TPSA) is 67.6 Å². The summed E-state index contributed by atoms with van der Waals surface area (Å²) in [6.07, 6.45) is 0.786. The van der Waals surface area contributed by atoms with Gasteiger partial charge in [0.05, 0.1) is 35.0 Å². The van der Waals surface area contributed by atoms with Gasteiger partial charge in [0.2, 0.25) is 5.65 Å². The van der Waals surface area contributed by atoms with E-state index in [0.717, 1.165) is 61.0 Å². The van der Waals surface area contributed by atoms with Gasteiger partial charge >= 0.3 is 0 Å². The summed E-state index contributed by atoms with van der Waals surface area (Å²) in [5.41, 5.74) is 4.46. The standard InChI is InChI=1S/C21H21ClN6O/c1-2-19-25-26-21-20(24-16-5-3-4-6-18(16)28(19)21)23-14-7-8-17(15(22)13-14)27-9-11-29-12-10-27/h3-8,13H,2,9-12H2,1H3,(H,23,24). The summed E-state index contributed by atoms with van der Waals surface area (Å²) in [4.78, 5) is 7.03. The number of hydrogen-bond donors (Lipinski definition) is 1. The molecule has 0 radical (unpaired) electrons. The highest BCUT2D eigenvalue weighted by atomic mass is 35.5. The van der Waals surface area contributed by atoms with Gasteiger partial charge < -0.3 is 15.0 Å². The van der Waals surface area contributed by atoms with Crippen LogP contribution in [0.4, 0.5) is 17.2 Å². The first-order valence-corrected chi connectivity index (χ1v) is 10.1. The van der Waals surface area contributed by atoms with Gasteiger partial charge in [0, 0.05) is 25.2 Å². The van der Waals surface area contributed by atoms with Gasteiger partial charge in [-0.3, -0.25) is 4.40 Å². The van der Waals surface area contributed by atoms with Crippen molar-refractivity contribution in [2.24, 2.45) is 0 Å². The van der Waals surface area contributed by atoms with Crippen LogP contribution in [-0.4, -0.2) is 45.9 Å². The van der Waals surface area contributed by atoms with Crippen LogP contribution in [0.5, 0.6) is 0 Å². The molecular formula is C21H21ClN6O. The van der Waals surface area contributed by atoms with E-state index in [1.807, 2.05) is 42.5 Å². The van der Waals surface area contributed by atoms with Crippen LogP contribution in [-0.2, 0) is 11.2 Å². The lowest BCUT2D eigenvalue weighted by molar-refractivity contribution is 0.122. The van der Waals surface area contributed by atoms with Gasteiger partial charge in [0.1, 0.15) is 5.82 Å². The second kappa shape index (κ2) is 7.50. The fourth-order valence-corrected chi connectivity index (χ4v) is 4.04. The van der Waals surface area contributed by atoms with E-state index in [2.05, 4.69) is 31.7 Å². The monoisotopic (exact) mass is 408 g/mol. The molecule has 3 heterocycles. The van der Waals surface area contributed by atoms with Crippen molar-refractivity contribution < 1.29 is 4.74 Å². The van der Waals surface area contributed by atoms with Gasteiger partial charge in [-0.2, -0.15) is 0 Å². The summed E-state index contributed by atoms with van der Waals surface area (Å²) in [6.45, 7) is 5.21. The van der Waals surface area contributed by atoms with E-state index in [1.54, 1.807) is 0 Å². The van der Waals surface area contributed by atoms with Gasteiger partial charge in [-0.15, -0.1) is 10.2 Å². The molecule has 5 rings (SSSR count). The third-order valence-corrected chi connectivity index (χ3v) is 5.48. The van der Waals surface area contributed by atoms with Gasteiger partial charge in [-0.05, 0) is 30.3 Å². The quantitative estimate of drug-likeness (QED) is 0.549. The summed E-state index contributed by atoms with van der Waals surface area (Å²) in [7, 11) is 0. The number of rotatable bonds is 4. The predicted octanol–water partition coefficient (Wildman–Crippen LogP) is 4.07. The number of ether oxygens (including phenoxy) is 1. The molecule has 0 atom stereocenters. The van der Waals surface area contributed by atoms with E-state index < -0.39 is 0 Å². The first-order valence-electron chi connectivity index (χ1n) is 9.76. The maximum Gasteiger partial charge on any atom is 0.204 e. The fraction of sp³-hybridized carbons (Fsp3) is 0.286. The summed E-state index contributed by atoms with van der Waals surface area (Å²) in [6, 6.07) is 14.0. The molecule has 2 aromatic heterocycles. The Morgan fingerprint density at radius 1 is 1.10 bits per heavy atom. The van der Waals surface area contributed by atoms with Crippen molar-refractivity contribution in [1.29, 1.82) is 0 Å². The Kier molecular flexibility index (Phi) is 4.69. The van der Waals surface area contributed by atoms with Crippen LogP contribution in [0.2, 0.25) is 5.02 Å². The molecule has 29 heavy (non-hydrogen) atoms. The van der Waals surface area contributed by atoms with Crippen LogP contribution < -0.4 is 10.2 Å². The molecule has 7 nitrogen and oxygen atoms in total. The molecular weight excluding hydrogens is 388 g/mol. The van der Waals surface area contributed by atoms with Crippen LogP contribution in [0.3, 0.4) is 0 Å². The average molecular weight is 409 g/mol. The van der Waals surface area contributed by atoms with E-state index in [9.17, 15) is 0 Å². The average Bonchev–Trinajstić information content (AvgIpc) is 3.19. The largest absolute Gasteiger partial charge is 0.378 e.